The lowest BCUT2D eigenvalue weighted by molar-refractivity contribution is 0.507. The van der Waals surface area contributed by atoms with Crippen LogP contribution in [0.2, 0.25) is 0 Å². The molecule has 1 aromatic heterocycles. The van der Waals surface area contributed by atoms with Crippen LogP contribution in [0, 0.1) is 12.7 Å². The molecule has 21 heavy (non-hydrogen) atoms. The largest absolute Gasteiger partial charge is 0.369 e. The van der Waals surface area contributed by atoms with Crippen molar-refractivity contribution in [3.05, 3.63) is 53.9 Å². The quantitative estimate of drug-likeness (QED) is 0.916. The van der Waals surface area contributed by atoms with Crippen molar-refractivity contribution < 1.29 is 4.39 Å². The van der Waals surface area contributed by atoms with Gasteiger partial charge < -0.3 is 5.73 Å². The fourth-order valence-corrected chi connectivity index (χ4v) is 2.78. The number of aromatic nitrogens is 2. The Hall–Kier alpha value is -2.50. The monoisotopic (exact) mass is 285 g/mol. The summed E-state index contributed by atoms with van der Waals surface area (Å²) in [6.07, 6.45) is 3.29. The molecule has 0 saturated carbocycles. The molecule has 1 atom stereocenters. The number of anilines is 1. The Morgan fingerprint density at radius 1 is 1.29 bits per heavy atom. The minimum Gasteiger partial charge on any atom is -0.369 e. The number of aryl methyl sites for hydroxylation is 1. The van der Waals surface area contributed by atoms with Crippen LogP contribution in [0.5, 0.6) is 0 Å². The third kappa shape index (κ3) is 2.12. The summed E-state index contributed by atoms with van der Waals surface area (Å²) in [4.78, 5) is 14.9. The summed E-state index contributed by atoms with van der Waals surface area (Å²) in [5.41, 5.74) is 7.71. The van der Waals surface area contributed by atoms with Crippen LogP contribution in [-0.2, 0) is 5.54 Å². The summed E-state index contributed by atoms with van der Waals surface area (Å²) in [6.45, 7) is 4.33. The Morgan fingerprint density at radius 2 is 2.05 bits per heavy atom. The Morgan fingerprint density at radius 3 is 2.76 bits per heavy atom. The fourth-order valence-electron chi connectivity index (χ4n) is 2.78. The second-order valence-corrected chi connectivity index (χ2v) is 5.25. The zero-order valence-electron chi connectivity index (χ0n) is 11.9. The molecular formula is C15H16FN5. The fraction of sp³-hybridized carbons (Fsp3) is 0.267. The highest BCUT2D eigenvalue weighted by Crippen LogP contribution is 2.36. The second-order valence-electron chi connectivity index (χ2n) is 5.25. The van der Waals surface area contributed by atoms with E-state index in [2.05, 4.69) is 15.0 Å². The first-order chi connectivity index (χ1) is 10.0. The van der Waals surface area contributed by atoms with E-state index in [4.69, 9.17) is 5.73 Å². The lowest BCUT2D eigenvalue weighted by Crippen LogP contribution is -2.48. The minimum atomic E-state index is -0.573. The van der Waals surface area contributed by atoms with E-state index in [1.807, 2.05) is 18.7 Å². The first-order valence-electron chi connectivity index (χ1n) is 6.66. The molecule has 0 bridgehead atoms. The Bertz CT molecular complexity index is 715. The van der Waals surface area contributed by atoms with Gasteiger partial charge >= 0.3 is 0 Å². The van der Waals surface area contributed by atoms with E-state index in [9.17, 15) is 4.39 Å². The number of nitrogens with two attached hydrogens (primary N) is 1. The summed E-state index contributed by atoms with van der Waals surface area (Å²) >= 11 is 0. The maximum Gasteiger partial charge on any atom is 0.196 e. The topological polar surface area (TPSA) is 67.4 Å². The van der Waals surface area contributed by atoms with Gasteiger partial charge in [-0.3, -0.25) is 19.9 Å². The number of rotatable bonds is 2. The van der Waals surface area contributed by atoms with Gasteiger partial charge in [-0.25, -0.2) is 4.39 Å². The van der Waals surface area contributed by atoms with E-state index in [-0.39, 0.29) is 5.82 Å². The van der Waals surface area contributed by atoms with E-state index >= 15 is 0 Å². The average molecular weight is 285 g/mol. The van der Waals surface area contributed by atoms with E-state index in [0.29, 0.717) is 18.2 Å². The maximum atomic E-state index is 13.5. The molecule has 1 aliphatic rings. The molecule has 1 aromatic carbocycles. The van der Waals surface area contributed by atoms with Gasteiger partial charge in [-0.15, -0.1) is 0 Å². The lowest BCUT2D eigenvalue weighted by atomic mass is 9.94. The van der Waals surface area contributed by atoms with Crippen molar-refractivity contribution in [3.63, 3.8) is 0 Å². The van der Waals surface area contributed by atoms with Gasteiger partial charge in [-0.2, -0.15) is 0 Å². The van der Waals surface area contributed by atoms with Crippen molar-refractivity contribution in [1.82, 2.24) is 9.97 Å². The zero-order chi connectivity index (χ0) is 15.0. The summed E-state index contributed by atoms with van der Waals surface area (Å²) in [5.74, 6) is 0.0403. The molecule has 3 rings (SSSR count). The summed E-state index contributed by atoms with van der Waals surface area (Å²) < 4.78 is 13.5. The van der Waals surface area contributed by atoms with Crippen LogP contribution < -0.4 is 10.6 Å². The van der Waals surface area contributed by atoms with Gasteiger partial charge in [0.1, 0.15) is 11.4 Å². The SMILES string of the molecule is Cc1nccnc1C1(C)CN=C(N)N1c1cccc(F)c1. The first kappa shape index (κ1) is 13.5. The molecule has 2 aromatic rings. The molecule has 5 nitrogen and oxygen atoms in total. The van der Waals surface area contributed by atoms with Gasteiger partial charge in [0, 0.05) is 18.1 Å². The van der Waals surface area contributed by atoms with E-state index in [1.54, 1.807) is 24.5 Å². The summed E-state index contributed by atoms with van der Waals surface area (Å²) in [7, 11) is 0. The molecular weight excluding hydrogens is 269 g/mol. The highest BCUT2D eigenvalue weighted by Gasteiger charge is 2.43. The van der Waals surface area contributed by atoms with Crippen molar-refractivity contribution in [3.8, 4) is 0 Å². The van der Waals surface area contributed by atoms with Crippen LogP contribution in [0.1, 0.15) is 18.3 Å². The Labute approximate surface area is 122 Å². The number of halogens is 1. The lowest BCUT2D eigenvalue weighted by Gasteiger charge is -2.36. The third-order valence-electron chi connectivity index (χ3n) is 3.73. The number of hydrogen-bond donors (Lipinski definition) is 1. The highest BCUT2D eigenvalue weighted by atomic mass is 19.1. The van der Waals surface area contributed by atoms with Crippen LogP contribution in [0.25, 0.3) is 0 Å². The number of aliphatic imine (C=N–C) groups is 1. The van der Waals surface area contributed by atoms with Crippen LogP contribution in [0.4, 0.5) is 10.1 Å². The van der Waals surface area contributed by atoms with Gasteiger partial charge in [0.2, 0.25) is 0 Å². The number of nitrogens with zero attached hydrogens (tertiary/aromatic N) is 4. The van der Waals surface area contributed by atoms with E-state index < -0.39 is 5.54 Å². The van der Waals surface area contributed by atoms with Crippen LogP contribution in [-0.4, -0.2) is 22.5 Å². The van der Waals surface area contributed by atoms with Gasteiger partial charge in [-0.1, -0.05) is 6.07 Å². The molecule has 0 aliphatic carbocycles. The predicted molar refractivity (Wildman–Crippen MR) is 79.5 cm³/mol. The smallest absolute Gasteiger partial charge is 0.196 e. The third-order valence-corrected chi connectivity index (χ3v) is 3.73. The normalized spacial score (nSPS) is 21.5. The number of hydrogen-bond acceptors (Lipinski definition) is 5. The zero-order valence-corrected chi connectivity index (χ0v) is 11.9. The molecule has 6 heteroatoms. The number of guanidine groups is 1. The van der Waals surface area contributed by atoms with Gasteiger partial charge in [0.05, 0.1) is 17.9 Å². The average Bonchev–Trinajstić information content (AvgIpc) is 2.76. The van der Waals surface area contributed by atoms with Crippen molar-refractivity contribution in [1.29, 1.82) is 0 Å². The number of benzene rings is 1. The van der Waals surface area contributed by atoms with Crippen LogP contribution >= 0.6 is 0 Å². The van der Waals surface area contributed by atoms with E-state index in [1.165, 1.54) is 12.1 Å². The molecule has 1 unspecified atom stereocenters. The molecule has 0 radical (unpaired) electrons. The summed E-state index contributed by atoms with van der Waals surface area (Å²) in [5, 5.41) is 0. The van der Waals surface area contributed by atoms with Gasteiger partial charge in [0.25, 0.3) is 0 Å². The van der Waals surface area contributed by atoms with E-state index in [0.717, 1.165) is 11.4 Å². The maximum absolute atomic E-state index is 13.5. The van der Waals surface area contributed by atoms with Gasteiger partial charge in [-0.05, 0) is 32.0 Å². The minimum absolute atomic E-state index is 0.314. The molecule has 2 heterocycles. The Balaban J connectivity index is 2.13. The summed E-state index contributed by atoms with van der Waals surface area (Å²) in [6, 6.07) is 6.30. The molecule has 0 fully saturated rings. The molecule has 0 spiro atoms. The van der Waals surface area contributed by atoms with Crippen molar-refractivity contribution in [2.24, 2.45) is 10.7 Å². The Kier molecular flexibility index (Phi) is 3.08. The van der Waals surface area contributed by atoms with Crippen molar-refractivity contribution >= 4 is 11.6 Å². The molecule has 1 aliphatic heterocycles. The predicted octanol–water partition coefficient (Wildman–Crippen LogP) is 1.97. The highest BCUT2D eigenvalue weighted by molar-refractivity contribution is 5.98. The van der Waals surface area contributed by atoms with Crippen LogP contribution in [0.3, 0.4) is 0 Å². The standard InChI is InChI=1S/C15H16FN5/c1-10-13(19-7-6-18-10)15(2)9-20-14(17)21(15)12-5-3-4-11(16)8-12/h3-8H,9H2,1-2H3,(H2,17,20). The van der Waals surface area contributed by atoms with Gasteiger partial charge in [0.15, 0.2) is 5.96 Å². The van der Waals surface area contributed by atoms with Crippen molar-refractivity contribution in [2.75, 3.05) is 11.4 Å². The molecule has 0 amide bonds. The second kappa shape index (κ2) is 4.80. The van der Waals surface area contributed by atoms with Crippen LogP contribution in [0.15, 0.2) is 41.7 Å². The molecule has 0 saturated heterocycles. The molecule has 108 valence electrons. The molecule has 2 N–H and O–H groups in total. The first-order valence-corrected chi connectivity index (χ1v) is 6.66. The van der Waals surface area contributed by atoms with Crippen molar-refractivity contribution in [2.45, 2.75) is 19.4 Å².